The second kappa shape index (κ2) is 7.16. The molecule has 0 amide bonds. The summed E-state index contributed by atoms with van der Waals surface area (Å²) in [6, 6.07) is 9.42. The van der Waals surface area contributed by atoms with Gasteiger partial charge in [0.2, 0.25) is 0 Å². The first kappa shape index (κ1) is 13.9. The van der Waals surface area contributed by atoms with Crippen molar-refractivity contribution >= 4 is 0 Å². The zero-order valence-electron chi connectivity index (χ0n) is 11.6. The Morgan fingerprint density at radius 2 is 2.16 bits per heavy atom. The SMILES string of the molecule is CCCC1CCN(CCOc2ccc(C#N)cc2)C1. The van der Waals surface area contributed by atoms with Crippen LogP contribution in [0.15, 0.2) is 24.3 Å². The maximum Gasteiger partial charge on any atom is 0.119 e. The number of nitriles is 1. The van der Waals surface area contributed by atoms with E-state index >= 15 is 0 Å². The Balaban J connectivity index is 1.68. The fourth-order valence-electron chi connectivity index (χ4n) is 2.68. The summed E-state index contributed by atoms with van der Waals surface area (Å²) in [6.45, 7) is 6.42. The van der Waals surface area contributed by atoms with Crippen molar-refractivity contribution in [3.63, 3.8) is 0 Å². The zero-order chi connectivity index (χ0) is 13.5. The molecule has 1 aromatic carbocycles. The van der Waals surface area contributed by atoms with Gasteiger partial charge < -0.3 is 4.74 Å². The van der Waals surface area contributed by atoms with Crippen molar-refractivity contribution in [2.75, 3.05) is 26.2 Å². The molecule has 0 N–H and O–H groups in total. The summed E-state index contributed by atoms with van der Waals surface area (Å²) in [5.74, 6) is 1.74. The molecule has 0 aliphatic carbocycles. The van der Waals surface area contributed by atoms with E-state index in [2.05, 4.69) is 17.9 Å². The Bertz CT molecular complexity index is 421. The molecular weight excluding hydrogens is 236 g/mol. The lowest BCUT2D eigenvalue weighted by Gasteiger charge is -2.16. The lowest BCUT2D eigenvalue weighted by Crippen LogP contribution is -2.26. The van der Waals surface area contributed by atoms with Crippen LogP contribution in [0.25, 0.3) is 0 Å². The largest absolute Gasteiger partial charge is 0.492 e. The molecule has 1 fully saturated rings. The highest BCUT2D eigenvalue weighted by molar-refractivity contribution is 5.34. The third-order valence-electron chi connectivity index (χ3n) is 3.73. The molecule has 0 radical (unpaired) electrons. The lowest BCUT2D eigenvalue weighted by atomic mass is 10.0. The average Bonchev–Trinajstić information content (AvgIpc) is 2.88. The summed E-state index contributed by atoms with van der Waals surface area (Å²) in [5.41, 5.74) is 0.675. The fraction of sp³-hybridized carbons (Fsp3) is 0.562. The van der Waals surface area contributed by atoms with Crippen LogP contribution in [-0.2, 0) is 0 Å². The maximum atomic E-state index is 8.72. The van der Waals surface area contributed by atoms with Gasteiger partial charge in [0.05, 0.1) is 11.6 Å². The fourth-order valence-corrected chi connectivity index (χ4v) is 2.68. The highest BCUT2D eigenvalue weighted by Crippen LogP contribution is 2.20. The van der Waals surface area contributed by atoms with Crippen molar-refractivity contribution < 1.29 is 4.74 Å². The highest BCUT2D eigenvalue weighted by Gasteiger charge is 2.20. The molecule has 102 valence electrons. The molecule has 0 bridgehead atoms. The van der Waals surface area contributed by atoms with E-state index < -0.39 is 0 Å². The van der Waals surface area contributed by atoms with E-state index in [0.29, 0.717) is 5.56 Å². The molecule has 19 heavy (non-hydrogen) atoms. The van der Waals surface area contributed by atoms with Gasteiger partial charge in [-0.05, 0) is 49.6 Å². The molecule has 1 unspecified atom stereocenters. The van der Waals surface area contributed by atoms with E-state index in [-0.39, 0.29) is 0 Å². The Morgan fingerprint density at radius 1 is 1.37 bits per heavy atom. The third-order valence-corrected chi connectivity index (χ3v) is 3.73. The molecular formula is C16H22N2O. The number of hydrogen-bond acceptors (Lipinski definition) is 3. The number of hydrogen-bond donors (Lipinski definition) is 0. The molecule has 1 aliphatic heterocycles. The summed E-state index contributed by atoms with van der Waals surface area (Å²) in [4.78, 5) is 2.49. The Kier molecular flexibility index (Phi) is 5.23. The van der Waals surface area contributed by atoms with Gasteiger partial charge in [0, 0.05) is 13.1 Å². The zero-order valence-corrected chi connectivity index (χ0v) is 11.6. The van der Waals surface area contributed by atoms with Gasteiger partial charge in [-0.2, -0.15) is 5.26 Å². The van der Waals surface area contributed by atoms with Crippen LogP contribution >= 0.6 is 0 Å². The summed E-state index contributed by atoms with van der Waals surface area (Å²) in [6.07, 6.45) is 3.98. The van der Waals surface area contributed by atoms with Crippen LogP contribution in [0.5, 0.6) is 5.75 Å². The van der Waals surface area contributed by atoms with Gasteiger partial charge in [0.1, 0.15) is 12.4 Å². The topological polar surface area (TPSA) is 36.3 Å². The molecule has 1 atom stereocenters. The van der Waals surface area contributed by atoms with Crippen LogP contribution in [0.4, 0.5) is 0 Å². The quantitative estimate of drug-likeness (QED) is 0.787. The van der Waals surface area contributed by atoms with E-state index in [1.165, 1.54) is 32.4 Å². The van der Waals surface area contributed by atoms with Gasteiger partial charge in [-0.1, -0.05) is 13.3 Å². The molecule has 3 nitrogen and oxygen atoms in total. The van der Waals surface area contributed by atoms with E-state index in [1.54, 1.807) is 12.1 Å². The highest BCUT2D eigenvalue weighted by atomic mass is 16.5. The Labute approximate surface area is 115 Å². The number of likely N-dealkylation sites (tertiary alicyclic amines) is 1. The van der Waals surface area contributed by atoms with Crippen molar-refractivity contribution in [2.24, 2.45) is 5.92 Å². The molecule has 0 saturated carbocycles. The van der Waals surface area contributed by atoms with Crippen LogP contribution in [0.1, 0.15) is 31.7 Å². The van der Waals surface area contributed by atoms with Crippen LogP contribution in [0.2, 0.25) is 0 Å². The summed E-state index contributed by atoms with van der Waals surface area (Å²) < 4.78 is 5.71. The van der Waals surface area contributed by atoms with Gasteiger partial charge in [-0.3, -0.25) is 4.90 Å². The van der Waals surface area contributed by atoms with Crippen molar-refractivity contribution in [3.05, 3.63) is 29.8 Å². The van der Waals surface area contributed by atoms with Crippen molar-refractivity contribution in [1.29, 1.82) is 5.26 Å². The molecule has 1 saturated heterocycles. The minimum absolute atomic E-state index is 0.675. The van der Waals surface area contributed by atoms with Crippen molar-refractivity contribution in [3.8, 4) is 11.8 Å². The van der Waals surface area contributed by atoms with Gasteiger partial charge in [-0.15, -0.1) is 0 Å². The molecule has 1 aliphatic rings. The normalized spacial score (nSPS) is 19.3. The Morgan fingerprint density at radius 3 is 2.84 bits per heavy atom. The molecule has 2 rings (SSSR count). The molecule has 3 heteroatoms. The molecule has 0 spiro atoms. The number of ether oxygens (including phenoxy) is 1. The van der Waals surface area contributed by atoms with E-state index in [0.717, 1.165) is 24.8 Å². The number of rotatable bonds is 6. The minimum Gasteiger partial charge on any atom is -0.492 e. The minimum atomic E-state index is 0.675. The molecule has 1 aromatic rings. The van der Waals surface area contributed by atoms with Crippen LogP contribution in [0.3, 0.4) is 0 Å². The smallest absolute Gasteiger partial charge is 0.119 e. The maximum absolute atomic E-state index is 8.72. The summed E-state index contributed by atoms with van der Waals surface area (Å²) >= 11 is 0. The van der Waals surface area contributed by atoms with Crippen molar-refractivity contribution in [2.45, 2.75) is 26.2 Å². The van der Waals surface area contributed by atoms with E-state index in [4.69, 9.17) is 10.00 Å². The van der Waals surface area contributed by atoms with Crippen LogP contribution < -0.4 is 4.74 Å². The number of nitrogens with zero attached hydrogens (tertiary/aromatic N) is 2. The summed E-state index contributed by atoms with van der Waals surface area (Å²) in [7, 11) is 0. The van der Waals surface area contributed by atoms with Gasteiger partial charge >= 0.3 is 0 Å². The van der Waals surface area contributed by atoms with Gasteiger partial charge in [-0.25, -0.2) is 0 Å². The summed E-state index contributed by atoms with van der Waals surface area (Å²) in [5, 5.41) is 8.72. The third kappa shape index (κ3) is 4.25. The van der Waals surface area contributed by atoms with Gasteiger partial charge in [0.15, 0.2) is 0 Å². The lowest BCUT2D eigenvalue weighted by molar-refractivity contribution is 0.232. The molecule has 0 aromatic heterocycles. The standard InChI is InChI=1S/C16H22N2O/c1-2-3-15-8-9-18(13-15)10-11-19-16-6-4-14(12-17)5-7-16/h4-7,15H,2-3,8-11,13H2,1H3. The first-order chi connectivity index (χ1) is 9.31. The Hall–Kier alpha value is -1.53. The predicted molar refractivity (Wildman–Crippen MR) is 76.1 cm³/mol. The second-order valence-corrected chi connectivity index (χ2v) is 5.23. The van der Waals surface area contributed by atoms with E-state index in [9.17, 15) is 0 Å². The van der Waals surface area contributed by atoms with Crippen molar-refractivity contribution in [1.82, 2.24) is 4.90 Å². The van der Waals surface area contributed by atoms with Gasteiger partial charge in [0.25, 0.3) is 0 Å². The number of benzene rings is 1. The van der Waals surface area contributed by atoms with Crippen LogP contribution in [-0.4, -0.2) is 31.1 Å². The monoisotopic (exact) mass is 258 g/mol. The molecule has 1 heterocycles. The average molecular weight is 258 g/mol. The first-order valence-corrected chi connectivity index (χ1v) is 7.17. The van der Waals surface area contributed by atoms with Crippen LogP contribution in [0, 0.1) is 17.2 Å². The van der Waals surface area contributed by atoms with E-state index in [1.807, 2.05) is 12.1 Å². The first-order valence-electron chi connectivity index (χ1n) is 7.17. The second-order valence-electron chi connectivity index (χ2n) is 5.23. The predicted octanol–water partition coefficient (Wildman–Crippen LogP) is 3.06.